The lowest BCUT2D eigenvalue weighted by Crippen LogP contribution is -1.84. The van der Waals surface area contributed by atoms with E-state index in [1.807, 2.05) is 6.07 Å². The molecule has 1 nitrogen and oxygen atoms in total. The first-order valence-corrected chi connectivity index (χ1v) is 5.18. The molecule has 0 saturated carbocycles. The molecule has 0 aromatic heterocycles. The van der Waals surface area contributed by atoms with Crippen molar-refractivity contribution in [1.29, 1.82) is 0 Å². The molecule has 0 aliphatic heterocycles. The van der Waals surface area contributed by atoms with Crippen molar-refractivity contribution < 1.29 is 5.11 Å². The maximum Gasteiger partial charge on any atom is 0.116 e. The zero-order chi connectivity index (χ0) is 8.27. The van der Waals surface area contributed by atoms with Crippen LogP contribution in [0.2, 0.25) is 0 Å². The van der Waals surface area contributed by atoms with Crippen LogP contribution in [0, 0.1) is 0 Å². The molecule has 0 aliphatic carbocycles. The normalized spacial score (nSPS) is 10.0. The quantitative estimate of drug-likeness (QED) is 0.825. The van der Waals surface area contributed by atoms with Gasteiger partial charge in [-0.3, -0.25) is 0 Å². The minimum Gasteiger partial charge on any atom is -0.508 e. The lowest BCUT2D eigenvalue weighted by molar-refractivity contribution is 0.474. The van der Waals surface area contributed by atoms with Crippen molar-refractivity contribution in [3.63, 3.8) is 0 Å². The summed E-state index contributed by atoms with van der Waals surface area (Å²) in [6.07, 6.45) is 0.938. The first-order chi connectivity index (χ1) is 5.22. The molecule has 1 N–H and O–H groups in total. The van der Waals surface area contributed by atoms with Crippen LogP contribution < -0.4 is 0 Å². The third kappa shape index (κ3) is 2.83. The van der Waals surface area contributed by atoms with E-state index < -0.39 is 0 Å². The molecule has 11 heavy (non-hydrogen) atoms. The molecule has 3 heteroatoms. The molecule has 0 heterocycles. The van der Waals surface area contributed by atoms with Crippen LogP contribution in [0.3, 0.4) is 0 Å². The van der Waals surface area contributed by atoms with E-state index in [-0.39, 0.29) is 0 Å². The molecule has 60 valence electrons. The molecule has 1 rings (SSSR count). The number of phenols is 1. The average Bonchev–Trinajstić information content (AvgIpc) is 1.85. The lowest BCUT2D eigenvalue weighted by Gasteiger charge is -1.99. The van der Waals surface area contributed by atoms with Crippen LogP contribution in [0.25, 0.3) is 0 Å². The smallest absolute Gasteiger partial charge is 0.116 e. The summed E-state index contributed by atoms with van der Waals surface area (Å²) in [7, 11) is 0. The molecule has 0 bridgehead atoms. The van der Waals surface area contributed by atoms with Crippen molar-refractivity contribution in [1.82, 2.24) is 0 Å². The first-order valence-electron chi connectivity index (χ1n) is 3.27. The fraction of sp³-hybridized carbons (Fsp3) is 0.250. The molecule has 1 aromatic carbocycles. The van der Waals surface area contributed by atoms with Gasteiger partial charge in [-0.2, -0.15) is 0 Å². The Labute approximate surface area is 82.7 Å². The summed E-state index contributed by atoms with van der Waals surface area (Å²) < 4.78 is 0.924. The number of rotatable bonds is 2. The number of hydrogen-bond donors (Lipinski definition) is 1. The van der Waals surface area contributed by atoms with Crippen molar-refractivity contribution in [3.8, 4) is 5.75 Å². The highest BCUT2D eigenvalue weighted by molar-refractivity contribution is 9.10. The van der Waals surface area contributed by atoms with Gasteiger partial charge in [0.25, 0.3) is 0 Å². The van der Waals surface area contributed by atoms with Gasteiger partial charge in [0.1, 0.15) is 5.75 Å². The second-order valence-corrected chi connectivity index (χ2v) is 3.97. The van der Waals surface area contributed by atoms with Crippen molar-refractivity contribution in [2.24, 2.45) is 0 Å². The van der Waals surface area contributed by atoms with Crippen molar-refractivity contribution in [2.75, 3.05) is 5.33 Å². The standard InChI is InChI=1S/C8H8Br2O/c9-2-1-6-3-7(10)5-8(11)4-6/h3-5,11H,1-2H2. The Kier molecular flexibility index (Phi) is 3.40. The van der Waals surface area contributed by atoms with Crippen molar-refractivity contribution >= 4 is 31.9 Å². The largest absolute Gasteiger partial charge is 0.508 e. The number of benzene rings is 1. The fourth-order valence-electron chi connectivity index (χ4n) is 0.887. The highest BCUT2D eigenvalue weighted by Crippen LogP contribution is 2.20. The molecule has 0 unspecified atom stereocenters. The number of hydrogen-bond acceptors (Lipinski definition) is 1. The number of aryl methyl sites for hydroxylation is 1. The van der Waals surface area contributed by atoms with E-state index in [2.05, 4.69) is 31.9 Å². The van der Waals surface area contributed by atoms with Gasteiger partial charge >= 0.3 is 0 Å². The topological polar surface area (TPSA) is 20.2 Å². The van der Waals surface area contributed by atoms with Gasteiger partial charge in [0, 0.05) is 9.80 Å². The van der Waals surface area contributed by atoms with Gasteiger partial charge in [-0.15, -0.1) is 0 Å². The molecule has 1 aromatic rings. The van der Waals surface area contributed by atoms with Gasteiger partial charge in [-0.05, 0) is 30.2 Å². The Morgan fingerprint density at radius 3 is 2.55 bits per heavy atom. The van der Waals surface area contributed by atoms with Crippen LogP contribution in [-0.2, 0) is 6.42 Å². The monoisotopic (exact) mass is 278 g/mol. The second kappa shape index (κ2) is 4.12. The molecule has 0 saturated heterocycles. The van der Waals surface area contributed by atoms with E-state index in [0.29, 0.717) is 5.75 Å². The summed E-state index contributed by atoms with van der Waals surface area (Å²) >= 11 is 6.65. The van der Waals surface area contributed by atoms with Gasteiger partial charge in [-0.1, -0.05) is 31.9 Å². The van der Waals surface area contributed by atoms with Crippen LogP contribution in [-0.4, -0.2) is 10.4 Å². The summed E-state index contributed by atoms with van der Waals surface area (Å²) in [6.45, 7) is 0. The van der Waals surface area contributed by atoms with Crippen LogP contribution in [0.15, 0.2) is 22.7 Å². The Hall–Kier alpha value is -0.0200. The van der Waals surface area contributed by atoms with E-state index >= 15 is 0 Å². The molecule has 0 fully saturated rings. The number of alkyl halides is 1. The van der Waals surface area contributed by atoms with E-state index in [4.69, 9.17) is 0 Å². The predicted molar refractivity (Wildman–Crippen MR) is 53.3 cm³/mol. The minimum absolute atomic E-state index is 0.315. The van der Waals surface area contributed by atoms with E-state index in [1.165, 1.54) is 0 Å². The summed E-state index contributed by atoms with van der Waals surface area (Å²) in [4.78, 5) is 0. The minimum atomic E-state index is 0.315. The molecular formula is C8H8Br2O. The van der Waals surface area contributed by atoms with Crippen LogP contribution >= 0.6 is 31.9 Å². The van der Waals surface area contributed by atoms with E-state index in [9.17, 15) is 5.11 Å². The molecular weight excluding hydrogens is 272 g/mol. The molecule has 0 atom stereocenters. The zero-order valence-corrected chi connectivity index (χ0v) is 9.02. The highest BCUT2D eigenvalue weighted by Gasteiger charge is 1.96. The first kappa shape index (κ1) is 9.07. The SMILES string of the molecule is Oc1cc(Br)cc(CCBr)c1. The lowest BCUT2D eigenvalue weighted by atomic mass is 10.2. The third-order valence-electron chi connectivity index (χ3n) is 1.33. The average molecular weight is 280 g/mol. The fourth-order valence-corrected chi connectivity index (χ4v) is 1.87. The van der Waals surface area contributed by atoms with Gasteiger partial charge in [0.2, 0.25) is 0 Å². The Morgan fingerprint density at radius 1 is 1.27 bits per heavy atom. The summed E-state index contributed by atoms with van der Waals surface area (Å²) in [5.74, 6) is 0.315. The van der Waals surface area contributed by atoms with Gasteiger partial charge in [-0.25, -0.2) is 0 Å². The Morgan fingerprint density at radius 2 is 2.00 bits per heavy atom. The predicted octanol–water partition coefficient (Wildman–Crippen LogP) is 3.09. The van der Waals surface area contributed by atoms with Crippen LogP contribution in [0.4, 0.5) is 0 Å². The van der Waals surface area contributed by atoms with E-state index in [1.54, 1.807) is 12.1 Å². The number of halogens is 2. The number of aromatic hydroxyl groups is 1. The Bertz CT molecular complexity index is 228. The molecule has 0 amide bonds. The summed E-state index contributed by atoms with van der Waals surface area (Å²) in [6, 6.07) is 5.45. The Balaban J connectivity index is 2.89. The maximum atomic E-state index is 9.18. The molecule has 0 spiro atoms. The van der Waals surface area contributed by atoms with E-state index in [0.717, 1.165) is 21.8 Å². The van der Waals surface area contributed by atoms with Crippen molar-refractivity contribution in [3.05, 3.63) is 28.2 Å². The molecule has 0 aliphatic rings. The maximum absolute atomic E-state index is 9.18. The molecule has 0 radical (unpaired) electrons. The van der Waals surface area contributed by atoms with Gasteiger partial charge in [0.15, 0.2) is 0 Å². The zero-order valence-electron chi connectivity index (χ0n) is 5.85. The van der Waals surface area contributed by atoms with Crippen LogP contribution in [0.5, 0.6) is 5.75 Å². The van der Waals surface area contributed by atoms with Crippen molar-refractivity contribution in [2.45, 2.75) is 6.42 Å². The summed E-state index contributed by atoms with van der Waals surface area (Å²) in [5, 5.41) is 10.1. The summed E-state index contributed by atoms with van der Waals surface area (Å²) in [5.41, 5.74) is 1.13. The second-order valence-electron chi connectivity index (χ2n) is 2.26. The van der Waals surface area contributed by atoms with Crippen LogP contribution in [0.1, 0.15) is 5.56 Å². The highest BCUT2D eigenvalue weighted by atomic mass is 79.9. The number of phenolic OH excluding ortho intramolecular Hbond substituents is 1. The van der Waals surface area contributed by atoms with Gasteiger partial charge in [0.05, 0.1) is 0 Å². The third-order valence-corrected chi connectivity index (χ3v) is 2.18. The van der Waals surface area contributed by atoms with Gasteiger partial charge < -0.3 is 5.11 Å².